The number of rotatable bonds is 9. The van der Waals surface area contributed by atoms with Crippen LogP contribution in [0.5, 0.6) is 5.75 Å². The summed E-state index contributed by atoms with van der Waals surface area (Å²) in [6, 6.07) is 12.8. The van der Waals surface area contributed by atoms with E-state index < -0.39 is 30.2 Å². The smallest absolute Gasteiger partial charge is 0.406 e. The molecule has 3 rings (SSSR count). The Bertz CT molecular complexity index is 1010. The van der Waals surface area contributed by atoms with Gasteiger partial charge in [0.1, 0.15) is 11.3 Å². The highest BCUT2D eigenvalue weighted by molar-refractivity contribution is 5.45. The SMILES string of the molecule is C=C(NC1CCCC1)NC(CC#N)(c1cccc(CC(F)(F)F)c1)c1cccc(OC(F)(F)F)c1. The van der Waals surface area contributed by atoms with E-state index in [-0.39, 0.29) is 29.2 Å². The summed E-state index contributed by atoms with van der Waals surface area (Å²) >= 11 is 0. The van der Waals surface area contributed by atoms with Gasteiger partial charge in [-0.15, -0.1) is 13.2 Å². The fourth-order valence-corrected chi connectivity index (χ4v) is 4.43. The second kappa shape index (κ2) is 10.5. The average molecular weight is 497 g/mol. The van der Waals surface area contributed by atoms with Crippen LogP contribution in [-0.4, -0.2) is 18.6 Å². The predicted octanol–water partition coefficient (Wildman–Crippen LogP) is 6.44. The van der Waals surface area contributed by atoms with E-state index in [1.165, 1.54) is 36.4 Å². The molecule has 1 atom stereocenters. The van der Waals surface area contributed by atoms with Gasteiger partial charge in [0.15, 0.2) is 0 Å². The van der Waals surface area contributed by atoms with Crippen LogP contribution in [0.4, 0.5) is 26.3 Å². The van der Waals surface area contributed by atoms with Gasteiger partial charge in [-0.25, -0.2) is 0 Å². The Kier molecular flexibility index (Phi) is 7.88. The highest BCUT2D eigenvalue weighted by Crippen LogP contribution is 2.37. The molecule has 10 heteroatoms. The summed E-state index contributed by atoms with van der Waals surface area (Å²) in [7, 11) is 0. The number of ether oxygens (including phenoxy) is 1. The van der Waals surface area contributed by atoms with E-state index in [4.69, 9.17) is 0 Å². The molecule has 1 fully saturated rings. The van der Waals surface area contributed by atoms with E-state index in [9.17, 15) is 31.6 Å². The molecule has 1 aliphatic rings. The number of nitriles is 1. The zero-order valence-electron chi connectivity index (χ0n) is 18.8. The first-order valence-corrected chi connectivity index (χ1v) is 11.0. The Balaban J connectivity index is 2.09. The minimum absolute atomic E-state index is 0.0452. The molecule has 1 unspecified atom stereocenters. The fraction of sp³-hybridized carbons (Fsp3) is 0.400. The van der Waals surface area contributed by atoms with E-state index in [2.05, 4.69) is 21.9 Å². The van der Waals surface area contributed by atoms with Crippen LogP contribution in [0.3, 0.4) is 0 Å². The van der Waals surface area contributed by atoms with Crippen molar-refractivity contribution in [1.82, 2.24) is 10.6 Å². The van der Waals surface area contributed by atoms with Gasteiger partial charge in [0.2, 0.25) is 0 Å². The first kappa shape index (κ1) is 26.3. The zero-order chi connectivity index (χ0) is 25.7. The molecule has 0 bridgehead atoms. The highest BCUT2D eigenvalue weighted by atomic mass is 19.4. The van der Waals surface area contributed by atoms with Crippen molar-refractivity contribution in [3.05, 3.63) is 77.6 Å². The van der Waals surface area contributed by atoms with Crippen molar-refractivity contribution in [3.63, 3.8) is 0 Å². The molecule has 2 N–H and O–H groups in total. The molecule has 188 valence electrons. The largest absolute Gasteiger partial charge is 0.573 e. The molecule has 4 nitrogen and oxygen atoms in total. The fourth-order valence-electron chi connectivity index (χ4n) is 4.43. The molecule has 1 aliphatic carbocycles. The molecule has 0 aliphatic heterocycles. The van der Waals surface area contributed by atoms with Gasteiger partial charge >= 0.3 is 12.5 Å². The summed E-state index contributed by atoms with van der Waals surface area (Å²) < 4.78 is 81.9. The third-order valence-corrected chi connectivity index (χ3v) is 5.83. The van der Waals surface area contributed by atoms with Gasteiger partial charge < -0.3 is 15.4 Å². The van der Waals surface area contributed by atoms with Crippen LogP contribution in [0, 0.1) is 11.3 Å². The predicted molar refractivity (Wildman–Crippen MR) is 118 cm³/mol. The Morgan fingerprint density at radius 1 is 1.00 bits per heavy atom. The van der Waals surface area contributed by atoms with Crippen molar-refractivity contribution < 1.29 is 31.1 Å². The van der Waals surface area contributed by atoms with E-state index >= 15 is 0 Å². The molecule has 35 heavy (non-hydrogen) atoms. The molecule has 0 heterocycles. The molecular formula is C25H25F6N3O. The first-order chi connectivity index (χ1) is 16.4. The zero-order valence-corrected chi connectivity index (χ0v) is 18.8. The van der Waals surface area contributed by atoms with Crippen molar-refractivity contribution >= 4 is 0 Å². The Morgan fingerprint density at radius 2 is 1.63 bits per heavy atom. The van der Waals surface area contributed by atoms with Gasteiger partial charge in [0, 0.05) is 6.04 Å². The Morgan fingerprint density at radius 3 is 2.23 bits per heavy atom. The lowest BCUT2D eigenvalue weighted by Crippen LogP contribution is -2.47. The van der Waals surface area contributed by atoms with Crippen LogP contribution in [0.1, 0.15) is 48.8 Å². The molecule has 0 spiro atoms. The van der Waals surface area contributed by atoms with Crippen molar-refractivity contribution in [2.24, 2.45) is 0 Å². The van der Waals surface area contributed by atoms with Gasteiger partial charge in [-0.05, 0) is 41.7 Å². The van der Waals surface area contributed by atoms with E-state index in [1.54, 1.807) is 0 Å². The van der Waals surface area contributed by atoms with Crippen LogP contribution in [0.15, 0.2) is 60.9 Å². The second-order valence-corrected chi connectivity index (χ2v) is 8.54. The van der Waals surface area contributed by atoms with E-state index in [1.807, 2.05) is 6.07 Å². The minimum atomic E-state index is -4.94. The number of hydrogen-bond acceptors (Lipinski definition) is 4. The molecule has 0 amide bonds. The molecular weight excluding hydrogens is 472 g/mol. The van der Waals surface area contributed by atoms with Gasteiger partial charge in [-0.3, -0.25) is 0 Å². The third kappa shape index (κ3) is 7.31. The van der Waals surface area contributed by atoms with Crippen LogP contribution in [0.25, 0.3) is 0 Å². The maximum Gasteiger partial charge on any atom is 0.573 e. The molecule has 0 saturated heterocycles. The summed E-state index contributed by atoms with van der Waals surface area (Å²) in [5.74, 6) is -0.199. The monoisotopic (exact) mass is 497 g/mol. The Hall–Kier alpha value is -3.35. The lowest BCUT2D eigenvalue weighted by molar-refractivity contribution is -0.274. The lowest BCUT2D eigenvalue weighted by atomic mass is 9.79. The van der Waals surface area contributed by atoms with Gasteiger partial charge in [0.25, 0.3) is 0 Å². The summed E-state index contributed by atoms with van der Waals surface area (Å²) in [6.07, 6.45) is -7.02. The average Bonchev–Trinajstić information content (AvgIpc) is 3.24. The van der Waals surface area contributed by atoms with Crippen LogP contribution >= 0.6 is 0 Å². The summed E-state index contributed by atoms with van der Waals surface area (Å²) in [6.45, 7) is 3.98. The normalized spacial score (nSPS) is 16.3. The van der Waals surface area contributed by atoms with Crippen molar-refractivity contribution in [1.29, 1.82) is 5.26 Å². The summed E-state index contributed by atoms with van der Waals surface area (Å²) in [5, 5.41) is 16.1. The quantitative estimate of drug-likeness (QED) is 0.392. The molecule has 0 aromatic heterocycles. The van der Waals surface area contributed by atoms with Crippen LogP contribution in [-0.2, 0) is 12.0 Å². The standard InChI is InChI=1S/C25H25F6N3O/c1-17(33-21-9-2-3-10-21)34-23(12-13-32,19-7-4-6-18(14-19)16-24(26,27)28)20-8-5-11-22(15-20)35-25(29,30)31/h4-8,11,14-15,21,33-34H,1-3,9-10,12,16H2. The number of halogens is 6. The lowest BCUT2D eigenvalue weighted by Gasteiger charge is -2.37. The Labute approximate surface area is 199 Å². The summed E-state index contributed by atoms with van der Waals surface area (Å²) in [5.41, 5.74) is -1.06. The first-order valence-electron chi connectivity index (χ1n) is 11.0. The number of nitrogens with one attached hydrogen (secondary N) is 2. The molecule has 2 aromatic rings. The van der Waals surface area contributed by atoms with Crippen LogP contribution in [0.2, 0.25) is 0 Å². The van der Waals surface area contributed by atoms with Gasteiger partial charge in [-0.1, -0.05) is 55.8 Å². The molecule has 2 aromatic carbocycles. The van der Waals surface area contributed by atoms with Crippen molar-refractivity contribution in [2.45, 2.75) is 62.6 Å². The van der Waals surface area contributed by atoms with Gasteiger partial charge in [0.05, 0.1) is 24.7 Å². The highest BCUT2D eigenvalue weighted by Gasteiger charge is 2.38. The summed E-state index contributed by atoms with van der Waals surface area (Å²) in [4.78, 5) is 0. The number of benzene rings is 2. The minimum Gasteiger partial charge on any atom is -0.406 e. The second-order valence-electron chi connectivity index (χ2n) is 8.54. The van der Waals surface area contributed by atoms with Gasteiger partial charge in [-0.2, -0.15) is 18.4 Å². The van der Waals surface area contributed by atoms with E-state index in [0.717, 1.165) is 37.8 Å². The van der Waals surface area contributed by atoms with Crippen molar-refractivity contribution in [3.8, 4) is 11.8 Å². The topological polar surface area (TPSA) is 57.1 Å². The maximum atomic E-state index is 13.1. The van der Waals surface area contributed by atoms with E-state index in [0.29, 0.717) is 5.82 Å². The molecule has 0 radical (unpaired) electrons. The number of nitrogens with zero attached hydrogens (tertiary/aromatic N) is 1. The van der Waals surface area contributed by atoms with Crippen LogP contribution < -0.4 is 15.4 Å². The maximum absolute atomic E-state index is 13.1. The van der Waals surface area contributed by atoms with Crippen molar-refractivity contribution in [2.75, 3.05) is 0 Å². The number of hydrogen-bond donors (Lipinski definition) is 2. The third-order valence-electron chi connectivity index (χ3n) is 5.83. The molecule has 1 saturated carbocycles. The number of alkyl halides is 6.